The molecule has 4 heteroatoms. The summed E-state index contributed by atoms with van der Waals surface area (Å²) in [4.78, 5) is -0.0666. The number of rotatable bonds is 4. The standard InChI is InChI=1S/C7H8O3S.C6H12/c1-6-2-4-7(5-3-6)11(8,9)10;1-3-5-6-4-2/h2-5H,1H3,(H,8,9,10);3H,1,4-6H2,2H3. The molecule has 0 aliphatic heterocycles. The monoisotopic (exact) mass is 256 g/mol. The summed E-state index contributed by atoms with van der Waals surface area (Å²) in [5.41, 5.74) is 0.956. The van der Waals surface area contributed by atoms with Gasteiger partial charge in [0.25, 0.3) is 10.1 Å². The van der Waals surface area contributed by atoms with Gasteiger partial charge in [0.15, 0.2) is 0 Å². The average molecular weight is 256 g/mol. The predicted molar refractivity (Wildman–Crippen MR) is 70.7 cm³/mol. The van der Waals surface area contributed by atoms with E-state index in [1.54, 1.807) is 12.1 Å². The van der Waals surface area contributed by atoms with Crippen LogP contribution in [0.15, 0.2) is 41.8 Å². The van der Waals surface area contributed by atoms with Crippen LogP contribution in [-0.2, 0) is 10.1 Å². The molecule has 0 aliphatic rings. The smallest absolute Gasteiger partial charge is 0.282 e. The van der Waals surface area contributed by atoms with Crippen molar-refractivity contribution in [1.29, 1.82) is 0 Å². The first kappa shape index (κ1) is 15.9. The maximum Gasteiger partial charge on any atom is 0.294 e. The van der Waals surface area contributed by atoms with Gasteiger partial charge in [-0.25, -0.2) is 0 Å². The molecule has 0 aliphatic carbocycles. The van der Waals surface area contributed by atoms with Crippen LogP contribution in [0.5, 0.6) is 0 Å². The molecule has 3 nitrogen and oxygen atoms in total. The first-order chi connectivity index (χ1) is 7.91. The Labute approximate surface area is 104 Å². The van der Waals surface area contributed by atoms with Gasteiger partial charge in [0.1, 0.15) is 0 Å². The number of allylic oxidation sites excluding steroid dienone is 1. The van der Waals surface area contributed by atoms with Crippen LogP contribution in [0.4, 0.5) is 0 Å². The van der Waals surface area contributed by atoms with Crippen LogP contribution in [0.1, 0.15) is 31.7 Å². The molecule has 0 bridgehead atoms. The Morgan fingerprint density at radius 1 is 1.29 bits per heavy atom. The van der Waals surface area contributed by atoms with Crippen molar-refractivity contribution in [3.8, 4) is 0 Å². The van der Waals surface area contributed by atoms with Crippen molar-refractivity contribution in [2.45, 2.75) is 38.0 Å². The summed E-state index contributed by atoms with van der Waals surface area (Å²) in [6.45, 7) is 7.62. The van der Waals surface area contributed by atoms with E-state index in [-0.39, 0.29) is 4.90 Å². The van der Waals surface area contributed by atoms with Gasteiger partial charge in [-0.05, 0) is 25.5 Å². The molecule has 0 saturated carbocycles. The van der Waals surface area contributed by atoms with E-state index in [1.165, 1.54) is 31.4 Å². The molecule has 96 valence electrons. The fourth-order valence-corrected chi connectivity index (χ4v) is 1.54. The van der Waals surface area contributed by atoms with Crippen molar-refractivity contribution in [3.63, 3.8) is 0 Å². The van der Waals surface area contributed by atoms with Crippen LogP contribution in [0.25, 0.3) is 0 Å². The molecule has 0 radical (unpaired) electrons. The van der Waals surface area contributed by atoms with Crippen molar-refractivity contribution in [1.82, 2.24) is 0 Å². The lowest BCUT2D eigenvalue weighted by atomic mass is 10.2. The summed E-state index contributed by atoms with van der Waals surface area (Å²) >= 11 is 0. The van der Waals surface area contributed by atoms with Crippen LogP contribution in [-0.4, -0.2) is 13.0 Å². The first-order valence-electron chi connectivity index (χ1n) is 5.57. The molecule has 1 N–H and O–H groups in total. The van der Waals surface area contributed by atoms with E-state index < -0.39 is 10.1 Å². The van der Waals surface area contributed by atoms with E-state index in [1.807, 2.05) is 13.0 Å². The van der Waals surface area contributed by atoms with Gasteiger partial charge in [-0.1, -0.05) is 43.5 Å². The highest BCUT2D eigenvalue weighted by Gasteiger charge is 2.06. The summed E-state index contributed by atoms with van der Waals surface area (Å²) in [7, 11) is -4.02. The zero-order valence-electron chi connectivity index (χ0n) is 10.4. The molecule has 0 amide bonds. The Hall–Kier alpha value is -1.13. The Bertz CT molecular complexity index is 418. The lowest BCUT2D eigenvalue weighted by molar-refractivity contribution is 0.483. The highest BCUT2D eigenvalue weighted by molar-refractivity contribution is 7.85. The molecule has 1 rings (SSSR count). The summed E-state index contributed by atoms with van der Waals surface area (Å²) in [6, 6.07) is 5.99. The zero-order valence-corrected chi connectivity index (χ0v) is 11.2. The van der Waals surface area contributed by atoms with E-state index in [0.717, 1.165) is 5.56 Å². The van der Waals surface area contributed by atoms with Gasteiger partial charge < -0.3 is 0 Å². The minimum atomic E-state index is -4.02. The van der Waals surface area contributed by atoms with Crippen LogP contribution in [0, 0.1) is 6.92 Å². The highest BCUT2D eigenvalue weighted by Crippen LogP contribution is 2.08. The van der Waals surface area contributed by atoms with Gasteiger partial charge in [0.05, 0.1) is 4.90 Å². The number of hydrogen-bond donors (Lipinski definition) is 1. The third-order valence-electron chi connectivity index (χ3n) is 2.08. The normalized spacial score (nSPS) is 10.3. The molecule has 0 fully saturated rings. The minimum Gasteiger partial charge on any atom is -0.282 e. The summed E-state index contributed by atoms with van der Waals surface area (Å²) in [5.74, 6) is 0. The van der Waals surface area contributed by atoms with Gasteiger partial charge in [0, 0.05) is 0 Å². The van der Waals surface area contributed by atoms with Gasteiger partial charge in [-0.3, -0.25) is 4.55 Å². The minimum absolute atomic E-state index is 0.0666. The van der Waals surface area contributed by atoms with Crippen molar-refractivity contribution in [2.24, 2.45) is 0 Å². The van der Waals surface area contributed by atoms with Gasteiger partial charge in [-0.15, -0.1) is 6.58 Å². The third kappa shape index (κ3) is 7.71. The molecular weight excluding hydrogens is 236 g/mol. The van der Waals surface area contributed by atoms with Crippen molar-refractivity contribution in [2.75, 3.05) is 0 Å². The van der Waals surface area contributed by atoms with Crippen molar-refractivity contribution in [3.05, 3.63) is 42.5 Å². The van der Waals surface area contributed by atoms with Crippen LogP contribution in [0.2, 0.25) is 0 Å². The Morgan fingerprint density at radius 2 is 1.82 bits per heavy atom. The van der Waals surface area contributed by atoms with Gasteiger partial charge in [-0.2, -0.15) is 8.42 Å². The molecule has 0 unspecified atom stereocenters. The van der Waals surface area contributed by atoms with E-state index in [0.29, 0.717) is 0 Å². The quantitative estimate of drug-likeness (QED) is 0.508. The molecule has 0 spiro atoms. The molecule has 1 aromatic rings. The lowest BCUT2D eigenvalue weighted by Gasteiger charge is -1.95. The number of unbranched alkanes of at least 4 members (excludes halogenated alkanes) is 2. The molecule has 1 aromatic carbocycles. The molecular formula is C13H20O3S. The zero-order chi connectivity index (χ0) is 13.3. The number of aryl methyl sites for hydroxylation is 1. The highest BCUT2D eigenvalue weighted by atomic mass is 32.2. The molecule has 0 saturated heterocycles. The SMILES string of the molecule is C=CCCCC.Cc1ccc(S(=O)(=O)O)cc1. The fourth-order valence-electron chi connectivity index (χ4n) is 1.06. The third-order valence-corrected chi connectivity index (χ3v) is 2.95. The Balaban J connectivity index is 0.000000366. The maximum atomic E-state index is 10.5. The van der Waals surface area contributed by atoms with E-state index in [4.69, 9.17) is 4.55 Å². The molecule has 0 atom stereocenters. The van der Waals surface area contributed by atoms with Gasteiger partial charge >= 0.3 is 0 Å². The summed E-state index contributed by atoms with van der Waals surface area (Å²) in [5, 5.41) is 0. The predicted octanol–water partition coefficient (Wildman–Crippen LogP) is 3.60. The van der Waals surface area contributed by atoms with Crippen LogP contribution in [0.3, 0.4) is 0 Å². The second-order valence-electron chi connectivity index (χ2n) is 3.72. The van der Waals surface area contributed by atoms with Gasteiger partial charge in [0.2, 0.25) is 0 Å². The van der Waals surface area contributed by atoms with Crippen LogP contribution >= 0.6 is 0 Å². The molecule has 0 heterocycles. The van der Waals surface area contributed by atoms with Crippen molar-refractivity contribution < 1.29 is 13.0 Å². The largest absolute Gasteiger partial charge is 0.294 e. The fraction of sp³-hybridized carbons (Fsp3) is 0.385. The number of hydrogen-bond acceptors (Lipinski definition) is 2. The Morgan fingerprint density at radius 3 is 2.12 bits per heavy atom. The molecule has 17 heavy (non-hydrogen) atoms. The average Bonchev–Trinajstić information content (AvgIpc) is 2.26. The topological polar surface area (TPSA) is 54.4 Å². The second-order valence-corrected chi connectivity index (χ2v) is 5.14. The summed E-state index contributed by atoms with van der Waals surface area (Å²) < 4.78 is 29.6. The van der Waals surface area contributed by atoms with Crippen molar-refractivity contribution >= 4 is 10.1 Å². The van der Waals surface area contributed by atoms with E-state index in [9.17, 15) is 8.42 Å². The number of benzene rings is 1. The maximum absolute atomic E-state index is 10.5. The van der Waals surface area contributed by atoms with E-state index in [2.05, 4.69) is 13.5 Å². The Kier molecular flexibility index (Phi) is 7.50. The van der Waals surface area contributed by atoms with Crippen LogP contribution < -0.4 is 0 Å². The van der Waals surface area contributed by atoms with E-state index >= 15 is 0 Å². The first-order valence-corrected chi connectivity index (χ1v) is 7.01. The summed E-state index contributed by atoms with van der Waals surface area (Å²) in [6.07, 6.45) is 5.72. The second kappa shape index (κ2) is 8.03. The molecule has 0 aromatic heterocycles. The lowest BCUT2D eigenvalue weighted by Crippen LogP contribution is -1.96.